The van der Waals surface area contributed by atoms with Gasteiger partial charge in [0.15, 0.2) is 15.8 Å². The summed E-state index contributed by atoms with van der Waals surface area (Å²) in [5, 5.41) is 3.08. The quantitative estimate of drug-likeness (QED) is 0.350. The zero-order valence-electron chi connectivity index (χ0n) is 15.3. The molecule has 0 aromatic heterocycles. The number of hydrogen-bond acceptors (Lipinski definition) is 5. The van der Waals surface area contributed by atoms with Gasteiger partial charge in [0.1, 0.15) is 0 Å². The Kier molecular flexibility index (Phi) is 8.87. The van der Waals surface area contributed by atoms with Crippen LogP contribution in [0.5, 0.6) is 0 Å². The van der Waals surface area contributed by atoms with Crippen molar-refractivity contribution in [2.45, 2.75) is 18.6 Å². The van der Waals surface area contributed by atoms with E-state index in [-0.39, 0.29) is 11.5 Å². The minimum atomic E-state index is -3.11. The third-order valence-corrected chi connectivity index (χ3v) is 5.87. The number of guanidine groups is 1. The third kappa shape index (κ3) is 8.64. The minimum Gasteiger partial charge on any atom is -0.379 e. The molecule has 0 saturated carbocycles. The van der Waals surface area contributed by atoms with Gasteiger partial charge in [0.05, 0.1) is 24.7 Å². The molecule has 3 N–H and O–H groups in total. The van der Waals surface area contributed by atoms with Gasteiger partial charge in [-0.25, -0.2) is 8.42 Å². The molecule has 0 bridgehead atoms. The van der Waals surface area contributed by atoms with E-state index in [4.69, 9.17) is 10.5 Å². The summed E-state index contributed by atoms with van der Waals surface area (Å²) in [4.78, 5) is 6.58. The van der Waals surface area contributed by atoms with Gasteiger partial charge in [-0.15, -0.1) is 0 Å². The Balaban J connectivity index is 1.56. The number of nitrogens with one attached hydrogen (secondary N) is 1. The summed E-state index contributed by atoms with van der Waals surface area (Å²) in [6.07, 6.45) is 1.47. The molecular weight excluding hydrogens is 352 g/mol. The molecule has 1 aliphatic rings. The fourth-order valence-corrected chi connectivity index (χ4v) is 4.20. The van der Waals surface area contributed by atoms with Gasteiger partial charge in [0, 0.05) is 26.2 Å². The number of morpholine rings is 1. The van der Waals surface area contributed by atoms with Crippen molar-refractivity contribution < 1.29 is 13.2 Å². The zero-order valence-corrected chi connectivity index (χ0v) is 16.1. The lowest BCUT2D eigenvalue weighted by atomic mass is 10.2. The van der Waals surface area contributed by atoms with Crippen molar-refractivity contribution in [1.29, 1.82) is 0 Å². The van der Waals surface area contributed by atoms with Gasteiger partial charge < -0.3 is 15.8 Å². The minimum absolute atomic E-state index is 0.0762. The van der Waals surface area contributed by atoms with Crippen LogP contribution in [0.4, 0.5) is 0 Å². The number of nitrogens with two attached hydrogens (primary N) is 1. The number of ether oxygens (including phenoxy) is 1. The van der Waals surface area contributed by atoms with Crippen LogP contribution >= 0.6 is 0 Å². The Bertz CT molecular complexity index is 644. The predicted octanol–water partition coefficient (Wildman–Crippen LogP) is 0.618. The van der Waals surface area contributed by atoms with E-state index in [1.165, 1.54) is 0 Å². The molecule has 1 aromatic rings. The zero-order chi connectivity index (χ0) is 18.7. The molecule has 8 heteroatoms. The van der Waals surface area contributed by atoms with E-state index in [0.29, 0.717) is 18.9 Å². The molecule has 0 atom stereocenters. The molecule has 1 aliphatic heterocycles. The van der Waals surface area contributed by atoms with E-state index >= 15 is 0 Å². The van der Waals surface area contributed by atoms with E-state index in [1.807, 2.05) is 30.3 Å². The summed E-state index contributed by atoms with van der Waals surface area (Å²) in [5.74, 6) is 0.579. The number of sulfone groups is 1. The van der Waals surface area contributed by atoms with Gasteiger partial charge >= 0.3 is 0 Å². The van der Waals surface area contributed by atoms with Crippen LogP contribution in [0, 0.1) is 0 Å². The molecular formula is C18H30N4O3S. The molecule has 0 aliphatic carbocycles. The van der Waals surface area contributed by atoms with Crippen molar-refractivity contribution >= 4 is 15.8 Å². The topological polar surface area (TPSA) is 97.0 Å². The number of benzene rings is 1. The van der Waals surface area contributed by atoms with Crippen LogP contribution in [0.15, 0.2) is 35.3 Å². The Hall–Kier alpha value is -1.64. The Morgan fingerprint density at radius 2 is 1.92 bits per heavy atom. The summed E-state index contributed by atoms with van der Waals surface area (Å²) in [5.41, 5.74) is 6.64. The van der Waals surface area contributed by atoms with Crippen LogP contribution in [0.1, 0.15) is 18.4 Å². The van der Waals surface area contributed by atoms with Crippen LogP contribution in [0.3, 0.4) is 0 Å². The molecule has 0 radical (unpaired) electrons. The van der Waals surface area contributed by atoms with Crippen molar-refractivity contribution in [2.24, 2.45) is 10.7 Å². The highest BCUT2D eigenvalue weighted by Gasteiger charge is 2.11. The molecule has 1 heterocycles. The van der Waals surface area contributed by atoms with Crippen molar-refractivity contribution in [3.05, 3.63) is 35.9 Å². The highest BCUT2D eigenvalue weighted by molar-refractivity contribution is 7.90. The average Bonchev–Trinajstić information content (AvgIpc) is 2.64. The standard InChI is InChI=1S/C18H30N4O3S/c19-18(20-8-4-10-22-11-13-25-14-12-22)21-9-5-15-26(23,24)16-17-6-2-1-3-7-17/h1-3,6-7H,4-5,8-16H2,(H3,19,20,21). The molecule has 0 unspecified atom stereocenters. The molecule has 1 fully saturated rings. The summed E-state index contributed by atoms with van der Waals surface area (Å²) in [6, 6.07) is 9.23. The van der Waals surface area contributed by atoms with Crippen LogP contribution < -0.4 is 11.1 Å². The van der Waals surface area contributed by atoms with Gasteiger partial charge in [-0.3, -0.25) is 9.89 Å². The summed E-state index contributed by atoms with van der Waals surface area (Å²) < 4.78 is 29.5. The van der Waals surface area contributed by atoms with E-state index in [0.717, 1.165) is 51.4 Å². The maximum Gasteiger partial charge on any atom is 0.188 e. The number of aliphatic imine (C=N–C) groups is 1. The lowest BCUT2D eigenvalue weighted by Gasteiger charge is -2.26. The molecule has 2 rings (SSSR count). The van der Waals surface area contributed by atoms with Crippen molar-refractivity contribution in [2.75, 3.05) is 51.7 Å². The monoisotopic (exact) mass is 382 g/mol. The van der Waals surface area contributed by atoms with Crippen LogP contribution in [-0.2, 0) is 20.3 Å². The second-order valence-corrected chi connectivity index (χ2v) is 8.62. The second kappa shape index (κ2) is 11.2. The Morgan fingerprint density at radius 1 is 1.19 bits per heavy atom. The van der Waals surface area contributed by atoms with Crippen molar-refractivity contribution in [1.82, 2.24) is 10.2 Å². The first-order valence-corrected chi connectivity index (χ1v) is 11.0. The molecule has 1 aromatic carbocycles. The van der Waals surface area contributed by atoms with Crippen molar-refractivity contribution in [3.63, 3.8) is 0 Å². The first-order valence-electron chi connectivity index (χ1n) is 9.13. The number of rotatable bonds is 10. The van der Waals surface area contributed by atoms with Gasteiger partial charge in [-0.2, -0.15) is 0 Å². The molecule has 26 heavy (non-hydrogen) atoms. The van der Waals surface area contributed by atoms with E-state index in [1.54, 1.807) is 0 Å². The lowest BCUT2D eigenvalue weighted by molar-refractivity contribution is 0.0376. The van der Waals surface area contributed by atoms with E-state index in [9.17, 15) is 8.42 Å². The molecule has 1 saturated heterocycles. The van der Waals surface area contributed by atoms with E-state index < -0.39 is 9.84 Å². The van der Waals surface area contributed by atoms with E-state index in [2.05, 4.69) is 15.2 Å². The van der Waals surface area contributed by atoms with Gasteiger partial charge in [-0.05, 0) is 24.9 Å². The first kappa shape index (κ1) is 20.7. The third-order valence-electron chi connectivity index (χ3n) is 4.19. The summed E-state index contributed by atoms with van der Waals surface area (Å²) >= 11 is 0. The predicted molar refractivity (Wildman–Crippen MR) is 105 cm³/mol. The Morgan fingerprint density at radius 3 is 2.65 bits per heavy atom. The maximum atomic E-state index is 12.1. The van der Waals surface area contributed by atoms with Gasteiger partial charge in [0.2, 0.25) is 0 Å². The van der Waals surface area contributed by atoms with Gasteiger partial charge in [0.25, 0.3) is 0 Å². The summed E-state index contributed by atoms with van der Waals surface area (Å²) in [7, 11) is -3.11. The highest BCUT2D eigenvalue weighted by atomic mass is 32.2. The lowest BCUT2D eigenvalue weighted by Crippen LogP contribution is -2.39. The van der Waals surface area contributed by atoms with Crippen LogP contribution in [-0.4, -0.2) is 71.0 Å². The normalized spacial score (nSPS) is 16.5. The first-order chi connectivity index (χ1) is 12.6. The fourth-order valence-electron chi connectivity index (χ4n) is 2.78. The largest absolute Gasteiger partial charge is 0.379 e. The smallest absolute Gasteiger partial charge is 0.188 e. The molecule has 0 amide bonds. The Labute approximate surface area is 156 Å². The van der Waals surface area contributed by atoms with Crippen LogP contribution in [0.2, 0.25) is 0 Å². The SMILES string of the molecule is NC(=NCCCS(=O)(=O)Cc1ccccc1)NCCCN1CCOCC1. The van der Waals surface area contributed by atoms with Gasteiger partial charge in [-0.1, -0.05) is 30.3 Å². The molecule has 7 nitrogen and oxygen atoms in total. The molecule has 0 spiro atoms. The highest BCUT2D eigenvalue weighted by Crippen LogP contribution is 2.07. The maximum absolute atomic E-state index is 12.1. The number of hydrogen-bond donors (Lipinski definition) is 2. The second-order valence-electron chi connectivity index (χ2n) is 6.43. The van der Waals surface area contributed by atoms with Crippen LogP contribution in [0.25, 0.3) is 0 Å². The average molecular weight is 383 g/mol. The fraction of sp³-hybridized carbons (Fsp3) is 0.611. The molecule has 146 valence electrons. The summed E-state index contributed by atoms with van der Waals surface area (Å²) in [6.45, 7) is 5.78. The number of nitrogens with zero attached hydrogens (tertiary/aromatic N) is 2. The van der Waals surface area contributed by atoms with Crippen molar-refractivity contribution in [3.8, 4) is 0 Å².